The van der Waals surface area contributed by atoms with Crippen molar-refractivity contribution in [1.29, 1.82) is 0 Å². The molecule has 3 aromatic rings. The van der Waals surface area contributed by atoms with E-state index >= 15 is 0 Å². The number of fused-ring (bicyclic) bond motifs is 1. The number of likely N-dealkylation sites (tertiary alicyclic amines) is 1. The predicted molar refractivity (Wildman–Crippen MR) is 103 cm³/mol. The van der Waals surface area contributed by atoms with Gasteiger partial charge in [0.2, 0.25) is 0 Å². The third-order valence-electron chi connectivity index (χ3n) is 5.52. The molecule has 5 rings (SSSR count). The van der Waals surface area contributed by atoms with E-state index < -0.39 is 0 Å². The van der Waals surface area contributed by atoms with Gasteiger partial charge in [-0.15, -0.1) is 11.3 Å². The summed E-state index contributed by atoms with van der Waals surface area (Å²) in [5, 5.41) is 6.89. The first-order valence-electron chi connectivity index (χ1n) is 9.33. The Morgan fingerprint density at radius 2 is 1.96 bits per heavy atom. The Bertz CT molecular complexity index is 930. The molecule has 0 radical (unpaired) electrons. The van der Waals surface area contributed by atoms with Crippen LogP contribution in [0.3, 0.4) is 0 Å². The summed E-state index contributed by atoms with van der Waals surface area (Å²) in [6.45, 7) is 0.828. The van der Waals surface area contributed by atoms with Crippen molar-refractivity contribution in [3.63, 3.8) is 0 Å². The van der Waals surface area contributed by atoms with Crippen molar-refractivity contribution in [2.75, 3.05) is 6.54 Å². The first kappa shape index (κ1) is 15.8. The molecule has 1 aliphatic heterocycles. The smallest absolute Gasteiger partial charge is 0.275 e. The SMILES string of the molecule is O=C(c1nn(-c2ccccc2)c2c1CCC2)N1CCC[C@H]1c1cccs1. The largest absolute Gasteiger partial charge is 0.329 e. The Morgan fingerprint density at radius 3 is 2.77 bits per heavy atom. The number of carbonyl (C=O) groups excluding carboxylic acids is 1. The van der Waals surface area contributed by atoms with Crippen molar-refractivity contribution in [1.82, 2.24) is 14.7 Å². The Kier molecular flexibility index (Phi) is 3.89. The van der Waals surface area contributed by atoms with Gasteiger partial charge in [-0.25, -0.2) is 4.68 Å². The zero-order valence-electron chi connectivity index (χ0n) is 14.6. The maximum atomic E-state index is 13.4. The molecule has 2 aliphatic rings. The molecule has 0 saturated carbocycles. The lowest BCUT2D eigenvalue weighted by atomic mass is 10.1. The number of carbonyl (C=O) groups is 1. The van der Waals surface area contributed by atoms with Gasteiger partial charge in [0, 0.05) is 22.7 Å². The number of thiophene rings is 1. The Hall–Kier alpha value is -2.40. The first-order valence-corrected chi connectivity index (χ1v) is 10.2. The molecule has 5 heteroatoms. The van der Waals surface area contributed by atoms with E-state index in [-0.39, 0.29) is 11.9 Å². The lowest BCUT2D eigenvalue weighted by molar-refractivity contribution is 0.0730. The molecule has 1 aromatic carbocycles. The zero-order chi connectivity index (χ0) is 17.5. The third-order valence-corrected chi connectivity index (χ3v) is 6.49. The molecular formula is C21H21N3OS. The molecule has 1 aliphatic carbocycles. The van der Waals surface area contributed by atoms with Gasteiger partial charge in [-0.05, 0) is 55.7 Å². The van der Waals surface area contributed by atoms with Gasteiger partial charge in [-0.1, -0.05) is 24.3 Å². The van der Waals surface area contributed by atoms with E-state index in [1.165, 1.54) is 10.6 Å². The number of hydrogen-bond donors (Lipinski definition) is 0. The number of nitrogens with zero attached hydrogens (tertiary/aromatic N) is 3. The molecule has 26 heavy (non-hydrogen) atoms. The van der Waals surface area contributed by atoms with Crippen LogP contribution in [0.1, 0.15) is 51.9 Å². The number of aromatic nitrogens is 2. The van der Waals surface area contributed by atoms with Crippen LogP contribution in [-0.2, 0) is 12.8 Å². The van der Waals surface area contributed by atoms with E-state index in [1.54, 1.807) is 11.3 Å². The van der Waals surface area contributed by atoms with Gasteiger partial charge < -0.3 is 4.90 Å². The molecule has 0 bridgehead atoms. The van der Waals surface area contributed by atoms with Crippen LogP contribution in [0.25, 0.3) is 5.69 Å². The standard InChI is InChI=1S/C21H21N3OS/c25-21(23-13-5-11-18(23)19-12-6-14-26-19)20-16-9-4-10-17(16)24(22-20)15-7-2-1-3-8-15/h1-3,6-8,12,14,18H,4-5,9-11,13H2/t18-/m0/s1. The van der Waals surface area contributed by atoms with E-state index in [2.05, 4.69) is 29.6 Å². The van der Waals surface area contributed by atoms with Crippen LogP contribution in [0.4, 0.5) is 0 Å². The summed E-state index contributed by atoms with van der Waals surface area (Å²) >= 11 is 1.74. The summed E-state index contributed by atoms with van der Waals surface area (Å²) in [5.41, 5.74) is 4.09. The van der Waals surface area contributed by atoms with Crippen LogP contribution in [0, 0.1) is 0 Å². The maximum Gasteiger partial charge on any atom is 0.275 e. The number of rotatable bonds is 3. The van der Waals surface area contributed by atoms with Crippen molar-refractivity contribution < 1.29 is 4.79 Å². The Balaban J connectivity index is 1.53. The van der Waals surface area contributed by atoms with Gasteiger partial charge in [0.25, 0.3) is 5.91 Å². The summed E-state index contributed by atoms with van der Waals surface area (Å²) in [6.07, 6.45) is 5.18. The van der Waals surface area contributed by atoms with E-state index in [1.807, 2.05) is 27.8 Å². The molecule has 1 atom stereocenters. The average molecular weight is 363 g/mol. The van der Waals surface area contributed by atoms with E-state index in [4.69, 9.17) is 5.10 Å². The Morgan fingerprint density at radius 1 is 1.08 bits per heavy atom. The zero-order valence-corrected chi connectivity index (χ0v) is 15.4. The second-order valence-corrected chi connectivity index (χ2v) is 8.03. The number of hydrogen-bond acceptors (Lipinski definition) is 3. The summed E-state index contributed by atoms with van der Waals surface area (Å²) in [4.78, 5) is 16.7. The maximum absolute atomic E-state index is 13.4. The quantitative estimate of drug-likeness (QED) is 0.692. The van der Waals surface area contributed by atoms with Crippen LogP contribution < -0.4 is 0 Å². The van der Waals surface area contributed by atoms with Gasteiger partial charge >= 0.3 is 0 Å². The fraction of sp³-hybridized carbons (Fsp3) is 0.333. The second kappa shape index (κ2) is 6.40. The molecule has 0 unspecified atom stereocenters. The topological polar surface area (TPSA) is 38.1 Å². The highest BCUT2D eigenvalue weighted by Crippen LogP contribution is 2.37. The highest BCUT2D eigenvalue weighted by Gasteiger charge is 2.35. The fourth-order valence-electron chi connectivity index (χ4n) is 4.31. The number of amides is 1. The summed E-state index contributed by atoms with van der Waals surface area (Å²) < 4.78 is 1.99. The van der Waals surface area contributed by atoms with Crippen molar-refractivity contribution in [2.45, 2.75) is 38.1 Å². The molecule has 2 aromatic heterocycles. The average Bonchev–Trinajstić information content (AvgIpc) is 3.46. The van der Waals surface area contributed by atoms with Crippen LogP contribution in [0.15, 0.2) is 47.8 Å². The van der Waals surface area contributed by atoms with Crippen LogP contribution >= 0.6 is 11.3 Å². The summed E-state index contributed by atoms with van der Waals surface area (Å²) in [6, 6.07) is 14.6. The molecule has 1 saturated heterocycles. The van der Waals surface area contributed by atoms with Crippen molar-refractivity contribution in [2.24, 2.45) is 0 Å². The third kappa shape index (κ3) is 2.50. The van der Waals surface area contributed by atoms with Crippen molar-refractivity contribution in [3.05, 3.63) is 69.7 Å². The van der Waals surface area contributed by atoms with Crippen molar-refractivity contribution in [3.8, 4) is 5.69 Å². The van der Waals surface area contributed by atoms with Crippen LogP contribution in [0.2, 0.25) is 0 Å². The molecule has 0 spiro atoms. The van der Waals surface area contributed by atoms with Gasteiger partial charge in [-0.3, -0.25) is 4.79 Å². The molecule has 0 N–H and O–H groups in total. The van der Waals surface area contributed by atoms with Gasteiger partial charge in [-0.2, -0.15) is 5.10 Å². The van der Waals surface area contributed by atoms with E-state index in [0.29, 0.717) is 5.69 Å². The van der Waals surface area contributed by atoms with Crippen molar-refractivity contribution >= 4 is 17.2 Å². The Labute approximate surface area is 157 Å². The number of benzene rings is 1. The molecule has 3 heterocycles. The molecule has 1 fully saturated rings. The molecule has 4 nitrogen and oxygen atoms in total. The van der Waals surface area contributed by atoms with Gasteiger partial charge in [0.05, 0.1) is 11.7 Å². The predicted octanol–water partition coefficient (Wildman–Crippen LogP) is 4.40. The van der Waals surface area contributed by atoms with Crippen LogP contribution in [0.5, 0.6) is 0 Å². The van der Waals surface area contributed by atoms with E-state index in [0.717, 1.165) is 49.9 Å². The second-order valence-electron chi connectivity index (χ2n) is 7.05. The lowest BCUT2D eigenvalue weighted by Crippen LogP contribution is -2.31. The monoisotopic (exact) mass is 363 g/mol. The normalized spacial score (nSPS) is 19.1. The highest BCUT2D eigenvalue weighted by atomic mass is 32.1. The number of para-hydroxylation sites is 1. The minimum absolute atomic E-state index is 0.105. The van der Waals surface area contributed by atoms with Gasteiger partial charge in [0.15, 0.2) is 5.69 Å². The molecule has 1 amide bonds. The minimum atomic E-state index is 0.105. The highest BCUT2D eigenvalue weighted by molar-refractivity contribution is 7.10. The lowest BCUT2D eigenvalue weighted by Gasteiger charge is -2.23. The molecular weight excluding hydrogens is 342 g/mol. The van der Waals surface area contributed by atoms with Gasteiger partial charge in [0.1, 0.15) is 0 Å². The van der Waals surface area contributed by atoms with E-state index in [9.17, 15) is 4.79 Å². The first-order chi connectivity index (χ1) is 12.8. The molecule has 132 valence electrons. The minimum Gasteiger partial charge on any atom is -0.329 e. The van der Waals surface area contributed by atoms with Crippen LogP contribution in [-0.4, -0.2) is 27.1 Å². The summed E-state index contributed by atoms with van der Waals surface area (Å²) in [7, 11) is 0. The fourth-order valence-corrected chi connectivity index (χ4v) is 5.19. The summed E-state index contributed by atoms with van der Waals surface area (Å²) in [5.74, 6) is 0.105.